The summed E-state index contributed by atoms with van der Waals surface area (Å²) >= 11 is 0. The van der Waals surface area contributed by atoms with Gasteiger partial charge in [-0.1, -0.05) is 13.8 Å². The van der Waals surface area contributed by atoms with E-state index >= 15 is 0 Å². The Morgan fingerprint density at radius 2 is 1.91 bits per heavy atom. The van der Waals surface area contributed by atoms with Crippen LogP contribution in [0.4, 0.5) is 5.69 Å². The van der Waals surface area contributed by atoms with Crippen LogP contribution in [0.15, 0.2) is 46.9 Å². The molecule has 1 aromatic heterocycles. The largest absolute Gasteiger partial charge is 0.497 e. The summed E-state index contributed by atoms with van der Waals surface area (Å²) in [6, 6.07) is 12.9. The van der Waals surface area contributed by atoms with Gasteiger partial charge in [0.1, 0.15) is 11.3 Å². The molecule has 0 aliphatic carbocycles. The van der Waals surface area contributed by atoms with Gasteiger partial charge >= 0.3 is 0 Å². The predicted molar refractivity (Wildman–Crippen MR) is 89.5 cm³/mol. The minimum Gasteiger partial charge on any atom is -0.497 e. The highest BCUT2D eigenvalue weighted by Crippen LogP contribution is 2.27. The van der Waals surface area contributed by atoms with Crippen molar-refractivity contribution in [3.8, 4) is 17.2 Å². The quantitative estimate of drug-likeness (QED) is 0.788. The molecule has 118 valence electrons. The Kier molecular flexibility index (Phi) is 4.02. The van der Waals surface area contributed by atoms with Crippen molar-refractivity contribution in [3.63, 3.8) is 0 Å². The van der Waals surface area contributed by atoms with Gasteiger partial charge in [0.15, 0.2) is 5.58 Å². The zero-order valence-electron chi connectivity index (χ0n) is 13.3. The number of benzene rings is 2. The van der Waals surface area contributed by atoms with Crippen molar-refractivity contribution >= 4 is 22.7 Å². The average Bonchev–Trinajstić information content (AvgIpc) is 2.98. The van der Waals surface area contributed by atoms with E-state index in [-0.39, 0.29) is 11.8 Å². The summed E-state index contributed by atoms with van der Waals surface area (Å²) < 4.78 is 10.9. The molecular weight excluding hydrogens is 292 g/mol. The highest BCUT2D eigenvalue weighted by Gasteiger charge is 2.10. The van der Waals surface area contributed by atoms with Crippen molar-refractivity contribution < 1.29 is 13.9 Å². The number of oxazole rings is 1. The van der Waals surface area contributed by atoms with Crippen LogP contribution in [0.3, 0.4) is 0 Å². The van der Waals surface area contributed by atoms with E-state index in [4.69, 9.17) is 9.15 Å². The Morgan fingerprint density at radius 1 is 1.17 bits per heavy atom. The smallest absolute Gasteiger partial charge is 0.227 e. The maximum atomic E-state index is 11.7. The van der Waals surface area contributed by atoms with E-state index in [1.807, 2.05) is 56.3 Å². The monoisotopic (exact) mass is 310 g/mol. The number of hydrogen-bond donors (Lipinski definition) is 1. The van der Waals surface area contributed by atoms with Crippen LogP contribution in [0.25, 0.3) is 22.6 Å². The van der Waals surface area contributed by atoms with Crippen LogP contribution in [0, 0.1) is 5.92 Å². The molecule has 0 saturated heterocycles. The number of aromatic nitrogens is 1. The lowest BCUT2D eigenvalue weighted by Crippen LogP contribution is -2.17. The van der Waals surface area contributed by atoms with E-state index < -0.39 is 0 Å². The maximum Gasteiger partial charge on any atom is 0.227 e. The van der Waals surface area contributed by atoms with Gasteiger partial charge in [0.25, 0.3) is 0 Å². The zero-order chi connectivity index (χ0) is 16.4. The van der Waals surface area contributed by atoms with Crippen molar-refractivity contribution in [2.45, 2.75) is 13.8 Å². The number of hydrogen-bond acceptors (Lipinski definition) is 4. The number of rotatable bonds is 4. The fraction of sp³-hybridized carbons (Fsp3) is 0.222. The zero-order valence-corrected chi connectivity index (χ0v) is 13.3. The first kappa shape index (κ1) is 15.1. The molecule has 23 heavy (non-hydrogen) atoms. The molecule has 0 saturated carbocycles. The molecule has 0 fully saturated rings. The Labute approximate surface area is 134 Å². The van der Waals surface area contributed by atoms with Gasteiger partial charge in [0.05, 0.1) is 7.11 Å². The number of nitrogens with one attached hydrogen (secondary N) is 1. The third-order valence-electron chi connectivity index (χ3n) is 3.52. The number of ether oxygens (including phenoxy) is 1. The number of anilines is 1. The van der Waals surface area contributed by atoms with Crippen molar-refractivity contribution in [2.75, 3.05) is 12.4 Å². The van der Waals surface area contributed by atoms with E-state index in [1.165, 1.54) is 0 Å². The molecule has 0 aliphatic heterocycles. The van der Waals surface area contributed by atoms with Crippen LogP contribution in [0.2, 0.25) is 0 Å². The molecule has 2 aromatic carbocycles. The molecule has 0 bridgehead atoms. The summed E-state index contributed by atoms with van der Waals surface area (Å²) in [6.07, 6.45) is 0. The molecule has 5 heteroatoms. The first-order valence-corrected chi connectivity index (χ1v) is 7.42. The van der Waals surface area contributed by atoms with Gasteiger partial charge in [-0.2, -0.15) is 0 Å². The molecule has 0 atom stereocenters. The molecule has 0 aliphatic rings. The van der Waals surface area contributed by atoms with Crippen molar-refractivity contribution in [1.82, 2.24) is 4.98 Å². The number of fused-ring (bicyclic) bond motifs is 1. The van der Waals surface area contributed by atoms with E-state index in [0.717, 1.165) is 22.5 Å². The number of amides is 1. The minimum atomic E-state index is -0.0540. The van der Waals surface area contributed by atoms with Crippen LogP contribution in [0.1, 0.15) is 13.8 Å². The first-order valence-electron chi connectivity index (χ1n) is 7.42. The van der Waals surface area contributed by atoms with Gasteiger partial charge in [-0.05, 0) is 36.4 Å². The molecule has 0 spiro atoms. The average molecular weight is 310 g/mol. The molecule has 0 radical (unpaired) electrons. The van der Waals surface area contributed by atoms with Gasteiger partial charge in [0.2, 0.25) is 11.8 Å². The number of nitrogens with zero attached hydrogens (tertiary/aromatic N) is 1. The molecular formula is C18H18N2O3. The Balaban J connectivity index is 1.85. The fourth-order valence-corrected chi connectivity index (χ4v) is 2.14. The molecule has 3 aromatic rings. The Hall–Kier alpha value is -2.82. The van der Waals surface area contributed by atoms with Crippen LogP contribution in [0.5, 0.6) is 5.75 Å². The van der Waals surface area contributed by atoms with Crippen LogP contribution in [-0.2, 0) is 4.79 Å². The second-order valence-electron chi connectivity index (χ2n) is 5.57. The van der Waals surface area contributed by atoms with E-state index in [0.29, 0.717) is 11.5 Å². The standard InChI is InChI=1S/C18H18N2O3/c1-11(2)17(21)19-13-6-4-12(5-7-13)18-20-15-10-14(22-3)8-9-16(15)23-18/h4-11H,1-3H3,(H,19,21). The van der Waals surface area contributed by atoms with Crippen LogP contribution >= 0.6 is 0 Å². The molecule has 5 nitrogen and oxygen atoms in total. The third-order valence-corrected chi connectivity index (χ3v) is 3.52. The number of carbonyl (C=O) groups is 1. The first-order chi connectivity index (χ1) is 11.1. The summed E-state index contributed by atoms with van der Waals surface area (Å²) in [4.78, 5) is 16.2. The fourth-order valence-electron chi connectivity index (χ4n) is 2.14. The normalized spacial score (nSPS) is 11.0. The lowest BCUT2D eigenvalue weighted by atomic mass is 10.1. The highest BCUT2D eigenvalue weighted by molar-refractivity contribution is 5.92. The summed E-state index contributed by atoms with van der Waals surface area (Å²) in [5.41, 5.74) is 3.06. The summed E-state index contributed by atoms with van der Waals surface area (Å²) in [7, 11) is 1.62. The Bertz CT molecular complexity index is 835. The van der Waals surface area contributed by atoms with E-state index in [2.05, 4.69) is 10.3 Å². The summed E-state index contributed by atoms with van der Waals surface area (Å²) in [6.45, 7) is 3.71. The minimum absolute atomic E-state index is 0.00768. The molecule has 1 amide bonds. The van der Waals surface area contributed by atoms with Gasteiger partial charge in [-0.3, -0.25) is 4.79 Å². The molecule has 1 heterocycles. The number of methoxy groups -OCH3 is 1. The number of carbonyl (C=O) groups excluding carboxylic acids is 1. The molecule has 3 rings (SSSR count). The molecule has 1 N–H and O–H groups in total. The lowest BCUT2D eigenvalue weighted by molar-refractivity contribution is -0.118. The van der Waals surface area contributed by atoms with Gasteiger partial charge in [0, 0.05) is 23.2 Å². The van der Waals surface area contributed by atoms with Gasteiger partial charge in [-0.15, -0.1) is 0 Å². The predicted octanol–water partition coefficient (Wildman–Crippen LogP) is 4.10. The molecule has 0 unspecified atom stereocenters. The van der Waals surface area contributed by atoms with E-state index in [1.54, 1.807) is 7.11 Å². The second-order valence-corrected chi connectivity index (χ2v) is 5.57. The van der Waals surface area contributed by atoms with E-state index in [9.17, 15) is 4.79 Å². The SMILES string of the molecule is COc1ccc2oc(-c3ccc(NC(=O)C(C)C)cc3)nc2c1. The maximum absolute atomic E-state index is 11.7. The third kappa shape index (κ3) is 3.18. The summed E-state index contributed by atoms with van der Waals surface area (Å²) in [5, 5.41) is 2.86. The van der Waals surface area contributed by atoms with Gasteiger partial charge in [-0.25, -0.2) is 4.98 Å². The van der Waals surface area contributed by atoms with Crippen LogP contribution < -0.4 is 10.1 Å². The Morgan fingerprint density at radius 3 is 2.57 bits per heavy atom. The van der Waals surface area contributed by atoms with Crippen molar-refractivity contribution in [1.29, 1.82) is 0 Å². The van der Waals surface area contributed by atoms with Gasteiger partial charge < -0.3 is 14.5 Å². The second kappa shape index (κ2) is 6.12. The highest BCUT2D eigenvalue weighted by atomic mass is 16.5. The van der Waals surface area contributed by atoms with Crippen molar-refractivity contribution in [3.05, 3.63) is 42.5 Å². The van der Waals surface area contributed by atoms with Crippen LogP contribution in [-0.4, -0.2) is 18.0 Å². The lowest BCUT2D eigenvalue weighted by Gasteiger charge is -2.07. The summed E-state index contributed by atoms with van der Waals surface area (Å²) in [5.74, 6) is 1.22. The van der Waals surface area contributed by atoms with Crippen molar-refractivity contribution in [2.24, 2.45) is 5.92 Å². The topological polar surface area (TPSA) is 64.4 Å².